The van der Waals surface area contributed by atoms with Gasteiger partial charge in [-0.2, -0.15) is 0 Å². The molecule has 146 valence electrons. The molecule has 0 aromatic carbocycles. The highest BCUT2D eigenvalue weighted by molar-refractivity contribution is 5.60. The molecule has 0 radical (unpaired) electrons. The molecule has 6 bridgehead atoms. The molecule has 0 aromatic rings. The van der Waals surface area contributed by atoms with E-state index >= 15 is 0 Å². The molecule has 6 heteroatoms. The molecule has 1 spiro atoms. The van der Waals surface area contributed by atoms with Gasteiger partial charge in [-0.3, -0.25) is 0 Å². The maximum Gasteiger partial charge on any atom is 0.179 e. The van der Waals surface area contributed by atoms with E-state index < -0.39 is 45.1 Å². The predicted molar refractivity (Wildman–Crippen MR) is 91.8 cm³/mol. The van der Waals surface area contributed by atoms with Crippen molar-refractivity contribution in [1.29, 1.82) is 0 Å². The Bertz CT molecular complexity index is 765. The summed E-state index contributed by atoms with van der Waals surface area (Å²) in [7, 11) is 0. The molecule has 5 N–H and O–H groups in total. The molecule has 5 fully saturated rings. The fraction of sp³-hybridized carbons (Fsp3) is 0.900. The average Bonchev–Trinajstić information content (AvgIpc) is 2.82. The van der Waals surface area contributed by atoms with Crippen LogP contribution in [0.15, 0.2) is 11.6 Å². The van der Waals surface area contributed by atoms with E-state index in [4.69, 9.17) is 4.74 Å². The van der Waals surface area contributed by atoms with Crippen LogP contribution in [-0.4, -0.2) is 59.8 Å². The van der Waals surface area contributed by atoms with Crippen LogP contribution in [0, 0.1) is 22.7 Å². The van der Waals surface area contributed by atoms with E-state index in [-0.39, 0.29) is 18.3 Å². The number of ether oxygens (including phenoxy) is 1. The van der Waals surface area contributed by atoms with E-state index in [1.807, 2.05) is 20.8 Å². The molecule has 3 saturated carbocycles. The molecule has 4 aliphatic carbocycles. The third kappa shape index (κ3) is 1.07. The molecular weight excluding hydrogens is 336 g/mol. The Hall–Kier alpha value is -0.500. The van der Waals surface area contributed by atoms with Crippen LogP contribution in [0.1, 0.15) is 53.9 Å². The number of aliphatic hydroxyl groups excluding tert-OH is 1. The van der Waals surface area contributed by atoms with Crippen LogP contribution in [0.2, 0.25) is 0 Å². The highest BCUT2D eigenvalue weighted by Crippen LogP contribution is 2.88. The summed E-state index contributed by atoms with van der Waals surface area (Å²) in [6.45, 7) is 9.18. The second kappa shape index (κ2) is 3.95. The van der Waals surface area contributed by atoms with Crippen molar-refractivity contribution in [2.24, 2.45) is 22.7 Å². The molecule has 6 nitrogen and oxygen atoms in total. The lowest BCUT2D eigenvalue weighted by Crippen LogP contribution is -2.74. The van der Waals surface area contributed by atoms with Gasteiger partial charge in [0.05, 0.1) is 11.5 Å². The molecule has 0 aromatic heterocycles. The Morgan fingerprint density at radius 1 is 1.15 bits per heavy atom. The van der Waals surface area contributed by atoms with Crippen LogP contribution in [0.5, 0.6) is 0 Å². The highest BCUT2D eigenvalue weighted by atomic mass is 16.7. The van der Waals surface area contributed by atoms with Crippen molar-refractivity contribution in [3.63, 3.8) is 0 Å². The van der Waals surface area contributed by atoms with Crippen molar-refractivity contribution < 1.29 is 30.3 Å². The lowest BCUT2D eigenvalue weighted by Gasteiger charge is -2.60. The molecule has 6 aliphatic rings. The van der Waals surface area contributed by atoms with Crippen LogP contribution in [-0.2, 0) is 4.74 Å². The number of rotatable bonds is 1. The topological polar surface area (TPSA) is 110 Å². The summed E-state index contributed by atoms with van der Waals surface area (Å²) in [5, 5.41) is 58.9. The molecule has 2 heterocycles. The van der Waals surface area contributed by atoms with E-state index in [9.17, 15) is 25.5 Å². The van der Waals surface area contributed by atoms with Crippen molar-refractivity contribution in [1.82, 2.24) is 0 Å². The molecule has 9 atom stereocenters. The Labute approximate surface area is 153 Å². The van der Waals surface area contributed by atoms with Crippen molar-refractivity contribution in [3.05, 3.63) is 11.6 Å². The van der Waals surface area contributed by atoms with Gasteiger partial charge in [-0.1, -0.05) is 33.3 Å². The lowest BCUT2D eigenvalue weighted by molar-refractivity contribution is -0.383. The Morgan fingerprint density at radius 2 is 1.77 bits per heavy atom. The van der Waals surface area contributed by atoms with Gasteiger partial charge in [-0.25, -0.2) is 0 Å². The summed E-state index contributed by atoms with van der Waals surface area (Å²) in [5.41, 5.74) is -9.12. The second-order valence-corrected chi connectivity index (χ2v) is 10.3. The summed E-state index contributed by atoms with van der Waals surface area (Å²) >= 11 is 0. The minimum atomic E-state index is -2.02. The zero-order valence-electron chi connectivity index (χ0n) is 16.1. The highest BCUT2D eigenvalue weighted by Gasteiger charge is 3.04. The van der Waals surface area contributed by atoms with E-state index in [1.165, 1.54) is 0 Å². The first-order valence-corrected chi connectivity index (χ1v) is 9.75. The van der Waals surface area contributed by atoms with E-state index in [0.29, 0.717) is 12.8 Å². The van der Waals surface area contributed by atoms with Gasteiger partial charge in [0.2, 0.25) is 0 Å². The molecular formula is C20H30O6. The smallest absolute Gasteiger partial charge is 0.179 e. The van der Waals surface area contributed by atoms with E-state index in [1.54, 1.807) is 19.9 Å². The quantitative estimate of drug-likeness (QED) is 0.431. The van der Waals surface area contributed by atoms with Gasteiger partial charge in [0, 0.05) is 11.8 Å². The minimum Gasteiger partial charge on any atom is -0.390 e. The van der Waals surface area contributed by atoms with Gasteiger partial charge < -0.3 is 30.3 Å². The first kappa shape index (κ1) is 17.6. The third-order valence-electron chi connectivity index (χ3n) is 9.37. The van der Waals surface area contributed by atoms with E-state index in [2.05, 4.69) is 0 Å². The molecule has 2 saturated heterocycles. The van der Waals surface area contributed by atoms with Gasteiger partial charge >= 0.3 is 0 Å². The fourth-order valence-electron chi connectivity index (χ4n) is 8.03. The molecule has 26 heavy (non-hydrogen) atoms. The molecule has 6 rings (SSSR count). The Morgan fingerprint density at radius 3 is 2.35 bits per heavy atom. The summed E-state index contributed by atoms with van der Waals surface area (Å²) in [6, 6.07) is 0. The molecule has 2 aliphatic heterocycles. The first-order valence-electron chi connectivity index (χ1n) is 9.75. The van der Waals surface area contributed by atoms with Gasteiger partial charge in [0.15, 0.2) is 11.4 Å². The van der Waals surface area contributed by atoms with Crippen molar-refractivity contribution in [3.8, 4) is 0 Å². The normalized spacial score (nSPS) is 67.9. The van der Waals surface area contributed by atoms with E-state index in [0.717, 1.165) is 5.57 Å². The summed E-state index contributed by atoms with van der Waals surface area (Å²) in [5.74, 6) is -2.05. The van der Waals surface area contributed by atoms with Crippen LogP contribution in [0.25, 0.3) is 0 Å². The van der Waals surface area contributed by atoms with Crippen molar-refractivity contribution in [2.45, 2.75) is 88.2 Å². The summed E-state index contributed by atoms with van der Waals surface area (Å²) in [6.07, 6.45) is 1.31. The maximum absolute atomic E-state index is 12.2. The van der Waals surface area contributed by atoms with Crippen LogP contribution in [0.4, 0.5) is 0 Å². The summed E-state index contributed by atoms with van der Waals surface area (Å²) in [4.78, 5) is 0. The van der Waals surface area contributed by atoms with Crippen molar-refractivity contribution in [2.75, 3.05) is 0 Å². The van der Waals surface area contributed by atoms with Gasteiger partial charge in [-0.15, -0.1) is 0 Å². The van der Waals surface area contributed by atoms with Crippen LogP contribution >= 0.6 is 0 Å². The largest absolute Gasteiger partial charge is 0.390 e. The second-order valence-electron chi connectivity index (χ2n) is 10.3. The molecule has 0 amide bonds. The van der Waals surface area contributed by atoms with Gasteiger partial charge in [-0.05, 0) is 37.7 Å². The lowest BCUT2D eigenvalue weighted by atomic mass is 9.52. The standard InChI is InChI=1S/C20H30O6/c1-10(2)12-8-17(23)14(4)9-18(24)15(12,5)20(17,25)19(26-18)13(21)11(3)6-7-16(14,19)22/h8,10-11,13,21-25H,6-7,9H2,1-5H3/t11-,13+,14-,15-,16-,17+,18-,19+,20+/m0/s1. The van der Waals surface area contributed by atoms with Crippen LogP contribution in [0.3, 0.4) is 0 Å². The number of aliphatic hydroxyl groups is 5. The minimum absolute atomic E-state index is 0.00137. The fourth-order valence-corrected chi connectivity index (χ4v) is 8.03. The Balaban J connectivity index is 1.94. The van der Waals surface area contributed by atoms with Crippen molar-refractivity contribution >= 4 is 0 Å². The summed E-state index contributed by atoms with van der Waals surface area (Å²) < 4.78 is 6.17. The number of hydrogen-bond donors (Lipinski definition) is 5. The first-order chi connectivity index (χ1) is 11.7. The van der Waals surface area contributed by atoms with Crippen LogP contribution < -0.4 is 0 Å². The Kier molecular flexibility index (Phi) is 2.67. The van der Waals surface area contributed by atoms with Gasteiger partial charge in [0.1, 0.15) is 16.8 Å². The average molecular weight is 366 g/mol. The predicted octanol–water partition coefficient (Wildman–Crippen LogP) is 0.454. The van der Waals surface area contributed by atoms with Gasteiger partial charge in [0.25, 0.3) is 0 Å². The SMILES string of the molecule is CC(C)C1=C[C@@]2(O)[C@@]3(C)C[C@]4(O)O[C@@]5([C@H](O)[C@@H](C)CC[C@]35O)[C@@]2(O)[C@@]14C. The maximum atomic E-state index is 12.2. The zero-order valence-corrected chi connectivity index (χ0v) is 16.1. The molecule has 0 unspecified atom stereocenters. The number of hydrogen-bond acceptors (Lipinski definition) is 6. The third-order valence-corrected chi connectivity index (χ3v) is 9.37. The zero-order chi connectivity index (χ0) is 19.3. The monoisotopic (exact) mass is 366 g/mol.